The minimum Gasteiger partial charge on any atom is -0.320 e. The summed E-state index contributed by atoms with van der Waals surface area (Å²) in [5.41, 5.74) is 1.11. The zero-order chi connectivity index (χ0) is 14.1. The van der Waals surface area contributed by atoms with Crippen molar-refractivity contribution in [3.63, 3.8) is 0 Å². The van der Waals surface area contributed by atoms with Crippen LogP contribution in [0, 0.1) is 5.82 Å². The van der Waals surface area contributed by atoms with E-state index in [9.17, 15) is 4.39 Å². The number of halogens is 2. The average Bonchev–Trinajstić information content (AvgIpc) is 2.98. The Hall–Kier alpha value is -1.95. The van der Waals surface area contributed by atoms with E-state index in [1.165, 1.54) is 6.07 Å². The van der Waals surface area contributed by atoms with E-state index in [1.807, 2.05) is 22.2 Å². The Kier molecular flexibility index (Phi) is 3.40. The Morgan fingerprint density at radius 2 is 2.15 bits per heavy atom. The topological polar surface area (TPSA) is 48.5 Å². The number of nitrogens with zero attached hydrogens (tertiary/aromatic N) is 5. The molecule has 20 heavy (non-hydrogen) atoms. The molecule has 2 heterocycles. The van der Waals surface area contributed by atoms with Gasteiger partial charge in [0.25, 0.3) is 0 Å². The Morgan fingerprint density at radius 1 is 1.30 bits per heavy atom. The van der Waals surface area contributed by atoms with E-state index in [2.05, 4.69) is 15.2 Å². The first kappa shape index (κ1) is 13.1. The number of rotatable bonds is 4. The number of hydrogen-bond donors (Lipinski definition) is 0. The minimum atomic E-state index is -0.324. The van der Waals surface area contributed by atoms with Crippen LogP contribution < -0.4 is 0 Å². The highest BCUT2D eigenvalue weighted by atomic mass is 35.5. The van der Waals surface area contributed by atoms with Gasteiger partial charge in [0, 0.05) is 19.3 Å². The van der Waals surface area contributed by atoms with Crippen molar-refractivity contribution < 1.29 is 4.39 Å². The predicted molar refractivity (Wildman–Crippen MR) is 74.2 cm³/mol. The predicted octanol–water partition coefficient (Wildman–Crippen LogP) is 2.13. The van der Waals surface area contributed by atoms with Crippen LogP contribution in [0.1, 0.15) is 11.6 Å². The molecular formula is C13H13ClFN5. The summed E-state index contributed by atoms with van der Waals surface area (Å²) in [5, 5.41) is 7.91. The maximum Gasteiger partial charge on any atom is 0.152 e. The van der Waals surface area contributed by atoms with E-state index in [-0.39, 0.29) is 5.82 Å². The van der Waals surface area contributed by atoms with E-state index < -0.39 is 0 Å². The van der Waals surface area contributed by atoms with Crippen molar-refractivity contribution in [2.24, 2.45) is 7.05 Å². The summed E-state index contributed by atoms with van der Waals surface area (Å²) in [6.45, 7) is 0.489. The molecule has 5 nitrogen and oxygen atoms in total. The fourth-order valence-electron chi connectivity index (χ4n) is 2.20. The van der Waals surface area contributed by atoms with E-state index in [0.29, 0.717) is 24.4 Å². The van der Waals surface area contributed by atoms with Crippen LogP contribution in [0.15, 0.2) is 24.5 Å². The molecule has 0 aliphatic carbocycles. The summed E-state index contributed by atoms with van der Waals surface area (Å²) in [7, 11) is 1.87. The second-order valence-electron chi connectivity index (χ2n) is 4.52. The lowest BCUT2D eigenvalue weighted by molar-refractivity contribution is 0.637. The molecule has 0 aliphatic rings. The van der Waals surface area contributed by atoms with Crippen molar-refractivity contribution in [1.29, 1.82) is 0 Å². The lowest BCUT2D eigenvalue weighted by atomic mass is 10.3. The summed E-state index contributed by atoms with van der Waals surface area (Å²) in [5.74, 6) is 1.64. The quantitative estimate of drug-likeness (QED) is 0.693. The second kappa shape index (κ2) is 5.20. The van der Waals surface area contributed by atoms with Gasteiger partial charge in [0.2, 0.25) is 0 Å². The van der Waals surface area contributed by atoms with Crippen LogP contribution >= 0.6 is 11.6 Å². The van der Waals surface area contributed by atoms with Crippen LogP contribution in [-0.2, 0) is 20.0 Å². The molecule has 0 unspecified atom stereocenters. The van der Waals surface area contributed by atoms with Gasteiger partial charge in [-0.2, -0.15) is 0 Å². The molecular weight excluding hydrogens is 281 g/mol. The fourth-order valence-corrected chi connectivity index (χ4v) is 2.37. The maximum absolute atomic E-state index is 13.8. The standard InChI is InChI=1S/C13H13ClFN5/c1-19-8-16-18-12(19)7-20-10-4-2-3-9(15)13(10)17-11(20)5-6-14/h2-4,8H,5-7H2,1H3. The van der Waals surface area contributed by atoms with E-state index in [1.54, 1.807) is 12.4 Å². The normalized spacial score (nSPS) is 11.3. The molecule has 0 N–H and O–H groups in total. The Morgan fingerprint density at radius 3 is 2.85 bits per heavy atom. The number of imidazole rings is 1. The molecule has 1 aromatic carbocycles. The summed E-state index contributed by atoms with van der Waals surface area (Å²) < 4.78 is 17.6. The van der Waals surface area contributed by atoms with Crippen LogP contribution in [0.25, 0.3) is 11.0 Å². The zero-order valence-electron chi connectivity index (χ0n) is 10.9. The van der Waals surface area contributed by atoms with E-state index in [0.717, 1.165) is 17.2 Å². The number of alkyl halides is 1. The van der Waals surface area contributed by atoms with E-state index >= 15 is 0 Å². The fraction of sp³-hybridized carbons (Fsp3) is 0.308. The molecule has 2 aromatic heterocycles. The number of para-hydroxylation sites is 1. The van der Waals surface area contributed by atoms with Gasteiger partial charge in [0.15, 0.2) is 11.6 Å². The van der Waals surface area contributed by atoms with Crippen molar-refractivity contribution in [3.05, 3.63) is 42.0 Å². The molecule has 0 saturated heterocycles. The van der Waals surface area contributed by atoms with Crippen LogP contribution in [-0.4, -0.2) is 30.2 Å². The lowest BCUT2D eigenvalue weighted by Gasteiger charge is -2.07. The summed E-state index contributed by atoms with van der Waals surface area (Å²) in [6.07, 6.45) is 2.21. The van der Waals surface area contributed by atoms with Crippen molar-refractivity contribution in [2.75, 3.05) is 5.88 Å². The number of hydrogen-bond acceptors (Lipinski definition) is 3. The molecule has 0 spiro atoms. The van der Waals surface area contributed by atoms with Gasteiger partial charge >= 0.3 is 0 Å². The highest BCUT2D eigenvalue weighted by Gasteiger charge is 2.15. The summed E-state index contributed by atoms with van der Waals surface area (Å²) >= 11 is 5.81. The first-order valence-electron chi connectivity index (χ1n) is 6.23. The minimum absolute atomic E-state index is 0.324. The van der Waals surface area contributed by atoms with Crippen LogP contribution in [0.3, 0.4) is 0 Å². The van der Waals surface area contributed by atoms with Crippen molar-refractivity contribution in [3.8, 4) is 0 Å². The SMILES string of the molecule is Cn1cnnc1Cn1c(CCCl)nc2c(F)cccc21. The van der Waals surface area contributed by atoms with Gasteiger partial charge in [-0.05, 0) is 12.1 Å². The first-order chi connectivity index (χ1) is 9.70. The summed E-state index contributed by atoms with van der Waals surface area (Å²) in [6, 6.07) is 4.93. The molecule has 3 aromatic rings. The molecule has 0 atom stereocenters. The Labute approximate surface area is 120 Å². The van der Waals surface area contributed by atoms with Gasteiger partial charge in [-0.3, -0.25) is 0 Å². The van der Waals surface area contributed by atoms with Gasteiger partial charge < -0.3 is 9.13 Å². The smallest absolute Gasteiger partial charge is 0.152 e. The third-order valence-electron chi connectivity index (χ3n) is 3.23. The third kappa shape index (κ3) is 2.16. The molecule has 0 saturated carbocycles. The van der Waals surface area contributed by atoms with Crippen molar-refractivity contribution >= 4 is 22.6 Å². The molecule has 0 bridgehead atoms. The highest BCUT2D eigenvalue weighted by Crippen LogP contribution is 2.20. The summed E-state index contributed by atoms with van der Waals surface area (Å²) in [4.78, 5) is 4.36. The molecule has 104 valence electrons. The first-order valence-corrected chi connectivity index (χ1v) is 6.76. The molecule has 0 aliphatic heterocycles. The molecule has 0 radical (unpaired) electrons. The van der Waals surface area contributed by atoms with Gasteiger partial charge in [0.05, 0.1) is 12.1 Å². The Balaban J connectivity index is 2.14. The van der Waals surface area contributed by atoms with Gasteiger partial charge in [-0.1, -0.05) is 6.07 Å². The van der Waals surface area contributed by atoms with Gasteiger partial charge in [0.1, 0.15) is 17.7 Å². The molecule has 0 amide bonds. The number of aromatic nitrogens is 5. The molecule has 0 fully saturated rings. The monoisotopic (exact) mass is 293 g/mol. The van der Waals surface area contributed by atoms with Crippen molar-refractivity contribution in [1.82, 2.24) is 24.3 Å². The van der Waals surface area contributed by atoms with E-state index in [4.69, 9.17) is 11.6 Å². The third-order valence-corrected chi connectivity index (χ3v) is 3.42. The van der Waals surface area contributed by atoms with Gasteiger partial charge in [-0.25, -0.2) is 9.37 Å². The van der Waals surface area contributed by atoms with Crippen molar-refractivity contribution in [2.45, 2.75) is 13.0 Å². The number of fused-ring (bicyclic) bond motifs is 1. The van der Waals surface area contributed by atoms with Crippen LogP contribution in [0.4, 0.5) is 4.39 Å². The lowest BCUT2D eigenvalue weighted by Crippen LogP contribution is -2.09. The highest BCUT2D eigenvalue weighted by molar-refractivity contribution is 6.17. The largest absolute Gasteiger partial charge is 0.320 e. The second-order valence-corrected chi connectivity index (χ2v) is 4.90. The van der Waals surface area contributed by atoms with Crippen LogP contribution in [0.2, 0.25) is 0 Å². The number of benzene rings is 1. The zero-order valence-corrected chi connectivity index (χ0v) is 11.7. The maximum atomic E-state index is 13.8. The molecule has 7 heteroatoms. The Bertz CT molecular complexity index is 748. The van der Waals surface area contributed by atoms with Crippen LogP contribution in [0.5, 0.6) is 0 Å². The molecule has 3 rings (SSSR count). The van der Waals surface area contributed by atoms with Gasteiger partial charge in [-0.15, -0.1) is 21.8 Å². The number of aryl methyl sites for hydroxylation is 2. The average molecular weight is 294 g/mol.